The van der Waals surface area contributed by atoms with Crippen LogP contribution in [0.3, 0.4) is 0 Å². The number of nitrogens with one attached hydrogen (secondary N) is 1. The fraction of sp³-hybridized carbons (Fsp3) is 0. The molecule has 1 aliphatic rings. The summed E-state index contributed by atoms with van der Waals surface area (Å²) in [4.78, 5) is 51.9. The van der Waals surface area contributed by atoms with Gasteiger partial charge < -0.3 is 4.74 Å². The molecule has 1 aliphatic heterocycles. The molecule has 0 radical (unpaired) electrons. The van der Waals surface area contributed by atoms with Gasteiger partial charge in [0.05, 0.1) is 15.7 Å². The molecular weight excluding hydrogens is 718 g/mol. The lowest BCUT2D eigenvalue weighted by Gasteiger charge is -2.26. The number of amides is 4. The Morgan fingerprint density at radius 1 is 1.00 bits per heavy atom. The first-order chi connectivity index (χ1) is 16.6. The summed E-state index contributed by atoms with van der Waals surface area (Å²) in [5.41, 5.74) is 0.502. The minimum Gasteiger partial charge on any atom is -0.421 e. The van der Waals surface area contributed by atoms with Gasteiger partial charge in [-0.15, -0.1) is 0 Å². The summed E-state index contributed by atoms with van der Waals surface area (Å²) in [6.45, 7) is 0. The van der Waals surface area contributed by atoms with Crippen molar-refractivity contribution in [1.82, 2.24) is 5.32 Å². The number of urea groups is 1. The van der Waals surface area contributed by atoms with Crippen LogP contribution in [0, 0.1) is 3.57 Å². The molecule has 0 aromatic heterocycles. The number of esters is 1. The van der Waals surface area contributed by atoms with Gasteiger partial charge in [0.25, 0.3) is 11.8 Å². The smallest absolute Gasteiger partial charge is 0.343 e. The quantitative estimate of drug-likeness (QED) is 0.111. The Balaban J connectivity index is 1.74. The second-order valence-electron chi connectivity index (χ2n) is 7.14. The summed E-state index contributed by atoms with van der Waals surface area (Å²) in [5, 5.41) is 2.64. The number of barbiturate groups is 1. The third kappa shape index (κ3) is 5.66. The van der Waals surface area contributed by atoms with Crippen LogP contribution in [-0.2, 0) is 9.59 Å². The van der Waals surface area contributed by atoms with Crippen LogP contribution < -0.4 is 15.0 Å². The molecule has 0 saturated carbocycles. The van der Waals surface area contributed by atoms with Gasteiger partial charge in [0.15, 0.2) is 5.75 Å². The maximum Gasteiger partial charge on any atom is 0.343 e. The zero-order valence-corrected chi connectivity index (χ0v) is 23.4. The molecule has 0 aliphatic carbocycles. The molecule has 3 aromatic carbocycles. The summed E-state index contributed by atoms with van der Waals surface area (Å²) >= 11 is 14.7. The number of hydrogen-bond donors (Lipinski definition) is 1. The molecule has 4 amide bonds. The number of imide groups is 2. The molecule has 176 valence electrons. The number of rotatable bonds is 4. The SMILES string of the molecule is O=C1NC(=O)N(c2ccc(I)cc2)C(=O)/C1=C\c1cc(Br)cc(Br)c1OC(=O)c1ccc(Cl)cc1. The van der Waals surface area contributed by atoms with Crippen LogP contribution in [0.4, 0.5) is 10.5 Å². The van der Waals surface area contributed by atoms with Crippen LogP contribution in [0.1, 0.15) is 15.9 Å². The highest BCUT2D eigenvalue weighted by molar-refractivity contribution is 14.1. The number of benzene rings is 3. The van der Waals surface area contributed by atoms with Crippen molar-refractivity contribution in [1.29, 1.82) is 0 Å². The zero-order chi connectivity index (χ0) is 25.3. The van der Waals surface area contributed by atoms with E-state index < -0.39 is 23.8 Å². The van der Waals surface area contributed by atoms with Crippen molar-refractivity contribution in [3.63, 3.8) is 0 Å². The Bertz CT molecular complexity index is 1410. The van der Waals surface area contributed by atoms with E-state index in [9.17, 15) is 19.2 Å². The van der Waals surface area contributed by atoms with Crippen molar-refractivity contribution in [2.24, 2.45) is 0 Å². The molecule has 1 fully saturated rings. The van der Waals surface area contributed by atoms with Gasteiger partial charge in [-0.05, 0) is 105 Å². The Labute approximate surface area is 234 Å². The van der Waals surface area contributed by atoms with E-state index in [-0.39, 0.29) is 22.4 Å². The van der Waals surface area contributed by atoms with E-state index >= 15 is 0 Å². The topological polar surface area (TPSA) is 92.8 Å². The molecule has 0 bridgehead atoms. The predicted molar refractivity (Wildman–Crippen MR) is 146 cm³/mol. The minimum absolute atomic E-state index is 0.0824. The number of carbonyl (C=O) groups excluding carboxylic acids is 4. The lowest BCUT2D eigenvalue weighted by atomic mass is 10.1. The van der Waals surface area contributed by atoms with Crippen LogP contribution >= 0.6 is 66.1 Å². The van der Waals surface area contributed by atoms with Crippen molar-refractivity contribution in [2.75, 3.05) is 4.90 Å². The molecule has 1 saturated heterocycles. The number of anilines is 1. The molecule has 0 atom stereocenters. The molecule has 7 nitrogen and oxygen atoms in total. The lowest BCUT2D eigenvalue weighted by Crippen LogP contribution is -2.54. The predicted octanol–water partition coefficient (Wildman–Crippen LogP) is 6.36. The second kappa shape index (κ2) is 10.6. The number of ether oxygens (including phenoxy) is 1. The summed E-state index contributed by atoms with van der Waals surface area (Å²) in [7, 11) is 0. The van der Waals surface area contributed by atoms with E-state index in [0.29, 0.717) is 19.7 Å². The van der Waals surface area contributed by atoms with Gasteiger partial charge in [-0.25, -0.2) is 14.5 Å². The maximum atomic E-state index is 13.2. The van der Waals surface area contributed by atoms with Crippen molar-refractivity contribution in [2.45, 2.75) is 0 Å². The van der Waals surface area contributed by atoms with E-state index in [1.54, 1.807) is 48.5 Å². The van der Waals surface area contributed by atoms with Gasteiger partial charge in [0.2, 0.25) is 0 Å². The van der Waals surface area contributed by atoms with Crippen molar-refractivity contribution in [3.8, 4) is 5.75 Å². The molecule has 1 N–H and O–H groups in total. The van der Waals surface area contributed by atoms with E-state index in [0.717, 1.165) is 8.47 Å². The fourth-order valence-corrected chi connectivity index (χ4v) is 5.00. The highest BCUT2D eigenvalue weighted by Crippen LogP contribution is 2.36. The molecule has 35 heavy (non-hydrogen) atoms. The van der Waals surface area contributed by atoms with E-state index in [1.807, 2.05) is 0 Å². The molecule has 0 unspecified atom stereocenters. The van der Waals surface area contributed by atoms with Crippen molar-refractivity contribution < 1.29 is 23.9 Å². The summed E-state index contributed by atoms with van der Waals surface area (Å²) in [6, 6.07) is 15.2. The maximum absolute atomic E-state index is 13.2. The number of halogens is 4. The van der Waals surface area contributed by atoms with Crippen LogP contribution in [-0.4, -0.2) is 23.8 Å². The number of hydrogen-bond acceptors (Lipinski definition) is 5. The van der Waals surface area contributed by atoms with Crippen LogP contribution in [0.2, 0.25) is 5.02 Å². The van der Waals surface area contributed by atoms with Crippen LogP contribution in [0.5, 0.6) is 5.75 Å². The van der Waals surface area contributed by atoms with Gasteiger partial charge in [-0.2, -0.15) is 0 Å². The van der Waals surface area contributed by atoms with Crippen LogP contribution in [0.25, 0.3) is 6.08 Å². The third-order valence-corrected chi connectivity index (χ3v) is 6.82. The number of nitrogens with zero attached hydrogens (tertiary/aromatic N) is 1. The first-order valence-electron chi connectivity index (χ1n) is 9.78. The summed E-state index contributed by atoms with van der Waals surface area (Å²) < 4.78 is 7.50. The monoisotopic (exact) mass is 728 g/mol. The Morgan fingerprint density at radius 3 is 2.31 bits per heavy atom. The van der Waals surface area contributed by atoms with E-state index in [2.05, 4.69) is 59.8 Å². The first-order valence-corrected chi connectivity index (χ1v) is 12.8. The zero-order valence-electron chi connectivity index (χ0n) is 17.4. The average molecular weight is 731 g/mol. The Hall–Kier alpha value is -2.54. The van der Waals surface area contributed by atoms with Gasteiger partial charge >= 0.3 is 12.0 Å². The summed E-state index contributed by atoms with van der Waals surface area (Å²) in [5.74, 6) is -2.27. The average Bonchev–Trinajstić information content (AvgIpc) is 2.80. The lowest BCUT2D eigenvalue weighted by molar-refractivity contribution is -0.122. The molecule has 3 aromatic rings. The Kier molecular flexibility index (Phi) is 7.74. The highest BCUT2D eigenvalue weighted by Gasteiger charge is 2.37. The van der Waals surface area contributed by atoms with Gasteiger partial charge in [0.1, 0.15) is 5.57 Å². The first kappa shape index (κ1) is 25.5. The van der Waals surface area contributed by atoms with Crippen LogP contribution in [0.15, 0.2) is 75.2 Å². The standard InChI is InChI=1S/C24H12Br2ClIN2O5/c25-14-9-13(20(19(26)11-14)35-23(33)12-1-3-15(27)4-2-12)10-18-21(31)29-24(34)30(22(18)32)17-7-5-16(28)6-8-17/h1-11H,(H,29,31,34)/b18-10-. The molecular formula is C24H12Br2ClIN2O5. The molecule has 11 heteroatoms. The second-order valence-corrected chi connectivity index (χ2v) is 10.6. The number of carbonyl (C=O) groups is 4. The molecule has 4 rings (SSSR count). The van der Waals surface area contributed by atoms with Crippen molar-refractivity contribution >= 4 is 102 Å². The largest absolute Gasteiger partial charge is 0.421 e. The Morgan fingerprint density at radius 2 is 1.66 bits per heavy atom. The fourth-order valence-electron chi connectivity index (χ4n) is 3.17. The van der Waals surface area contributed by atoms with Gasteiger partial charge in [-0.1, -0.05) is 27.5 Å². The minimum atomic E-state index is -0.868. The highest BCUT2D eigenvalue weighted by atomic mass is 127. The molecule has 1 heterocycles. The van der Waals surface area contributed by atoms with E-state index in [1.165, 1.54) is 18.2 Å². The third-order valence-electron chi connectivity index (χ3n) is 4.80. The van der Waals surface area contributed by atoms with Gasteiger partial charge in [-0.3, -0.25) is 14.9 Å². The van der Waals surface area contributed by atoms with E-state index in [4.69, 9.17) is 16.3 Å². The van der Waals surface area contributed by atoms with Crippen molar-refractivity contribution in [3.05, 3.63) is 94.9 Å². The normalized spacial score (nSPS) is 14.8. The summed E-state index contributed by atoms with van der Waals surface area (Å²) in [6.07, 6.45) is 1.27. The molecule has 0 spiro atoms. The van der Waals surface area contributed by atoms with Gasteiger partial charge in [0, 0.05) is 18.6 Å².